The molecule has 0 saturated carbocycles. The van der Waals surface area contributed by atoms with Crippen molar-refractivity contribution in [1.82, 2.24) is 10.3 Å². The monoisotopic (exact) mass is 427 g/mol. The number of primary amides is 1. The summed E-state index contributed by atoms with van der Waals surface area (Å²) >= 11 is 1.44. The van der Waals surface area contributed by atoms with Crippen molar-refractivity contribution in [3.05, 3.63) is 46.6 Å². The summed E-state index contributed by atoms with van der Waals surface area (Å²) < 4.78 is 5.26. The zero-order valence-electron chi connectivity index (χ0n) is 16.8. The molecule has 9 heteroatoms. The molecule has 0 bridgehead atoms. The molecule has 8 nitrogen and oxygen atoms in total. The highest BCUT2D eigenvalue weighted by atomic mass is 32.1. The van der Waals surface area contributed by atoms with Crippen LogP contribution < -0.4 is 21.3 Å². The number of carbonyl (C=O) groups excluding carboxylic acids is 2. The van der Waals surface area contributed by atoms with Crippen LogP contribution in [0, 0.1) is 0 Å². The minimum Gasteiger partial charge on any atom is -0.500 e. The van der Waals surface area contributed by atoms with E-state index in [1.54, 1.807) is 18.7 Å². The maximum Gasteiger partial charge on any atom is 0.275 e. The van der Waals surface area contributed by atoms with Gasteiger partial charge in [0.15, 0.2) is 0 Å². The third-order valence-corrected chi connectivity index (χ3v) is 6.70. The highest BCUT2D eigenvalue weighted by Gasteiger charge is 2.38. The van der Waals surface area contributed by atoms with Crippen LogP contribution >= 0.6 is 11.3 Å². The molecule has 2 aromatic rings. The maximum absolute atomic E-state index is 12.8. The number of nitrogens with two attached hydrogens (primary N) is 1. The van der Waals surface area contributed by atoms with E-state index < -0.39 is 5.54 Å². The van der Waals surface area contributed by atoms with Gasteiger partial charge in [-0.3, -0.25) is 9.59 Å². The van der Waals surface area contributed by atoms with E-state index >= 15 is 0 Å². The van der Waals surface area contributed by atoms with Gasteiger partial charge >= 0.3 is 0 Å². The van der Waals surface area contributed by atoms with Crippen LogP contribution in [0.1, 0.15) is 34.8 Å². The van der Waals surface area contributed by atoms with Crippen LogP contribution in [0.15, 0.2) is 35.9 Å². The number of aromatic nitrogens is 1. The highest BCUT2D eigenvalue weighted by Crippen LogP contribution is 2.32. The fourth-order valence-corrected chi connectivity index (χ4v) is 4.70. The van der Waals surface area contributed by atoms with Crippen LogP contribution in [0.5, 0.6) is 0 Å². The van der Waals surface area contributed by atoms with Gasteiger partial charge in [-0.15, -0.1) is 11.3 Å². The molecule has 1 fully saturated rings. The second-order valence-electron chi connectivity index (χ2n) is 7.46. The molecule has 3 heterocycles. The third-order valence-electron chi connectivity index (χ3n) is 5.79. The molecular formula is C21H25N5O3S. The Bertz CT molecular complexity index is 979. The molecule has 0 atom stereocenters. The summed E-state index contributed by atoms with van der Waals surface area (Å²) in [6.07, 6.45) is 3.73. The van der Waals surface area contributed by atoms with Crippen molar-refractivity contribution >= 4 is 40.1 Å². The predicted octanol–water partition coefficient (Wildman–Crippen LogP) is 2.20. The van der Waals surface area contributed by atoms with E-state index in [0.717, 1.165) is 28.4 Å². The van der Waals surface area contributed by atoms with Crippen molar-refractivity contribution < 1.29 is 14.3 Å². The van der Waals surface area contributed by atoms with Crippen LogP contribution in [-0.4, -0.2) is 49.1 Å². The van der Waals surface area contributed by atoms with Crippen molar-refractivity contribution in [1.29, 1.82) is 0 Å². The second kappa shape index (κ2) is 8.45. The van der Waals surface area contributed by atoms with E-state index in [9.17, 15) is 9.59 Å². The summed E-state index contributed by atoms with van der Waals surface area (Å²) in [6.45, 7) is 1.97. The van der Waals surface area contributed by atoms with Crippen LogP contribution in [-0.2, 0) is 9.53 Å². The van der Waals surface area contributed by atoms with Crippen LogP contribution in [0.3, 0.4) is 0 Å². The Morgan fingerprint density at radius 2 is 2.03 bits per heavy atom. The van der Waals surface area contributed by atoms with Crippen molar-refractivity contribution in [2.45, 2.75) is 24.8 Å². The summed E-state index contributed by atoms with van der Waals surface area (Å²) in [4.78, 5) is 31.3. The van der Waals surface area contributed by atoms with E-state index in [1.165, 1.54) is 11.3 Å². The predicted molar refractivity (Wildman–Crippen MR) is 117 cm³/mol. The number of piperidine rings is 1. The number of nitrogens with one attached hydrogen (secondary N) is 2. The first-order valence-electron chi connectivity index (χ1n) is 9.93. The summed E-state index contributed by atoms with van der Waals surface area (Å²) in [5.74, 6) is -0.573. The number of anilines is 2. The maximum atomic E-state index is 12.8. The van der Waals surface area contributed by atoms with Gasteiger partial charge in [-0.05, 0) is 32.0 Å². The van der Waals surface area contributed by atoms with Crippen molar-refractivity contribution in [3.63, 3.8) is 0 Å². The number of amides is 2. The topological polar surface area (TPSA) is 110 Å². The lowest BCUT2D eigenvalue weighted by Crippen LogP contribution is -2.59. The third kappa shape index (κ3) is 3.90. The molecule has 4 N–H and O–H groups in total. The molecule has 30 heavy (non-hydrogen) atoms. The number of nitrogens with zero attached hydrogens (tertiary/aromatic N) is 2. The number of hydrogen-bond acceptors (Lipinski definition) is 7. The largest absolute Gasteiger partial charge is 0.500 e. The van der Waals surface area contributed by atoms with E-state index in [1.807, 2.05) is 24.3 Å². The normalized spacial score (nSPS) is 17.9. The Kier molecular flexibility index (Phi) is 5.74. The number of likely N-dealkylation sites (N-methyl/N-ethyl adjacent to an activating group) is 1. The minimum atomic E-state index is -0.676. The Morgan fingerprint density at radius 3 is 2.70 bits per heavy atom. The Balaban J connectivity index is 1.48. The minimum absolute atomic E-state index is 0.247. The molecule has 4 rings (SSSR count). The Labute approximate surface area is 179 Å². The van der Waals surface area contributed by atoms with Crippen LogP contribution in [0.2, 0.25) is 0 Å². The molecule has 158 valence electrons. The summed E-state index contributed by atoms with van der Waals surface area (Å²) in [5.41, 5.74) is 7.98. The lowest BCUT2D eigenvalue weighted by molar-refractivity contribution is -0.125. The average Bonchev–Trinajstić information content (AvgIpc) is 3.46. The molecule has 0 spiro atoms. The van der Waals surface area contributed by atoms with Crippen molar-refractivity contribution in [3.8, 4) is 0 Å². The molecular weight excluding hydrogens is 402 g/mol. The van der Waals surface area contributed by atoms with Crippen molar-refractivity contribution in [2.24, 2.45) is 5.73 Å². The standard InChI is InChI=1S/C21H25N5O3S/c1-23-21(20(22)28)7-9-26(10-8-21)17-5-3-2-4-15(17)24-18(27)16-13-30-19(25-16)14-6-11-29-12-14/h2-5,12-13,23H,6-11H2,1H3,(H2,22,28)(H,24,27). The Morgan fingerprint density at radius 1 is 1.27 bits per heavy atom. The van der Waals surface area contributed by atoms with Gasteiger partial charge in [-0.1, -0.05) is 12.1 Å². The van der Waals surface area contributed by atoms with Gasteiger partial charge in [0.25, 0.3) is 5.91 Å². The van der Waals surface area contributed by atoms with E-state index in [2.05, 4.69) is 20.5 Å². The Hall–Kier alpha value is -2.91. The smallest absolute Gasteiger partial charge is 0.275 e. The molecule has 1 aromatic carbocycles. The number of rotatable bonds is 6. The van der Waals surface area contributed by atoms with Crippen LogP contribution in [0.4, 0.5) is 11.4 Å². The first-order chi connectivity index (χ1) is 14.5. The second-order valence-corrected chi connectivity index (χ2v) is 8.31. The van der Waals surface area contributed by atoms with Gasteiger partial charge in [0.2, 0.25) is 5.91 Å². The van der Waals surface area contributed by atoms with E-state index in [-0.39, 0.29) is 11.8 Å². The molecule has 2 aliphatic heterocycles. The summed E-state index contributed by atoms with van der Waals surface area (Å²) in [6, 6.07) is 7.67. The number of benzene rings is 1. The number of thiazole rings is 1. The number of hydrogen-bond donors (Lipinski definition) is 3. The summed E-state index contributed by atoms with van der Waals surface area (Å²) in [7, 11) is 1.77. The van der Waals surface area contributed by atoms with Gasteiger partial charge in [0, 0.05) is 30.5 Å². The van der Waals surface area contributed by atoms with Crippen molar-refractivity contribution in [2.75, 3.05) is 37.0 Å². The first kappa shape index (κ1) is 20.4. The zero-order chi connectivity index (χ0) is 21.1. The molecule has 0 unspecified atom stereocenters. The molecule has 0 radical (unpaired) electrons. The van der Waals surface area contributed by atoms with Gasteiger partial charge in [0.1, 0.15) is 16.2 Å². The summed E-state index contributed by atoms with van der Waals surface area (Å²) in [5, 5.41) is 8.66. The lowest BCUT2D eigenvalue weighted by atomic mass is 9.86. The number of para-hydroxylation sites is 2. The molecule has 0 aliphatic carbocycles. The first-order valence-corrected chi connectivity index (χ1v) is 10.8. The molecule has 1 saturated heterocycles. The lowest BCUT2D eigenvalue weighted by Gasteiger charge is -2.41. The fraction of sp³-hybridized carbons (Fsp3) is 0.381. The molecule has 1 aromatic heterocycles. The molecule has 2 amide bonds. The number of carbonyl (C=O) groups is 2. The van der Waals surface area contributed by atoms with Crippen LogP contribution in [0.25, 0.3) is 5.57 Å². The van der Waals surface area contributed by atoms with E-state index in [0.29, 0.717) is 38.2 Å². The SMILES string of the molecule is CNC1(C(N)=O)CCN(c2ccccc2NC(=O)c2csc(C3=COCC3)n2)CC1. The van der Waals surface area contributed by atoms with E-state index in [4.69, 9.17) is 10.5 Å². The van der Waals surface area contributed by atoms with Gasteiger partial charge in [-0.25, -0.2) is 4.98 Å². The highest BCUT2D eigenvalue weighted by molar-refractivity contribution is 7.11. The van der Waals surface area contributed by atoms with Gasteiger partial charge in [-0.2, -0.15) is 0 Å². The quantitative estimate of drug-likeness (QED) is 0.652. The fourth-order valence-electron chi connectivity index (χ4n) is 3.86. The average molecular weight is 428 g/mol. The molecule has 2 aliphatic rings. The van der Waals surface area contributed by atoms with Gasteiger partial charge in [0.05, 0.1) is 24.2 Å². The number of ether oxygens (including phenoxy) is 1. The van der Waals surface area contributed by atoms with Gasteiger partial charge < -0.3 is 26.0 Å². The zero-order valence-corrected chi connectivity index (χ0v) is 17.6.